The number of likely N-dealkylation sites (N-methyl/N-ethyl adjacent to an activating group) is 1. The second-order valence-corrected chi connectivity index (χ2v) is 4.91. The van der Waals surface area contributed by atoms with Crippen molar-refractivity contribution < 1.29 is 10.1 Å². The van der Waals surface area contributed by atoms with Gasteiger partial charge in [-0.25, -0.2) is 0 Å². The van der Waals surface area contributed by atoms with Gasteiger partial charge < -0.3 is 4.90 Å². The minimum Gasteiger partial charge on any atom is -0.315 e. The molecule has 1 aliphatic rings. The van der Waals surface area contributed by atoms with E-state index in [9.17, 15) is 5.21 Å². The Morgan fingerprint density at radius 3 is 1.75 bits per heavy atom. The predicted octanol–water partition coefficient (Wildman–Crippen LogP) is 0.0654. The van der Waals surface area contributed by atoms with Crippen LogP contribution in [-0.2, 0) is 5.21 Å². The van der Waals surface area contributed by atoms with Crippen molar-refractivity contribution in [3.8, 4) is 0 Å². The van der Waals surface area contributed by atoms with E-state index in [4.69, 9.17) is 0 Å². The van der Waals surface area contributed by atoms with Crippen LogP contribution in [0.15, 0.2) is 0 Å². The molecule has 2 unspecified atom stereocenters. The van der Waals surface area contributed by atoms with E-state index in [0.717, 1.165) is 0 Å². The summed E-state index contributed by atoms with van der Waals surface area (Å²) in [6, 6.07) is 0.380. The van der Waals surface area contributed by atoms with Crippen molar-refractivity contribution in [1.82, 2.24) is 5.06 Å². The third-order valence-electron chi connectivity index (χ3n) is 3.71. The number of hydrogen-bond acceptors (Lipinski definition) is 1. The Balaban J connectivity index is 3.03. The van der Waals surface area contributed by atoms with Gasteiger partial charge in [-0.2, -0.15) is 0 Å². The lowest BCUT2D eigenvalue weighted by atomic mass is 9.98. The van der Waals surface area contributed by atoms with Crippen LogP contribution in [0.5, 0.6) is 0 Å². The summed E-state index contributed by atoms with van der Waals surface area (Å²) in [6.45, 7) is 10.2. The van der Waals surface area contributed by atoms with Gasteiger partial charge in [0.2, 0.25) is 0 Å². The zero-order valence-electron chi connectivity index (χ0n) is 8.93. The Morgan fingerprint density at radius 2 is 1.67 bits per heavy atom. The van der Waals surface area contributed by atoms with Crippen molar-refractivity contribution in [3.63, 3.8) is 0 Å². The smallest absolute Gasteiger partial charge is 0.174 e. The van der Waals surface area contributed by atoms with Gasteiger partial charge in [-0.1, -0.05) is 5.06 Å². The summed E-state index contributed by atoms with van der Waals surface area (Å²) in [4.78, 5) is 1.29. The van der Waals surface area contributed by atoms with Gasteiger partial charge in [0.05, 0.1) is 7.05 Å². The monoisotopic (exact) mass is 172 g/mol. The second kappa shape index (κ2) is 2.44. The van der Waals surface area contributed by atoms with E-state index in [0.29, 0.717) is 6.04 Å². The molecule has 0 aromatic carbocycles. The highest BCUT2D eigenvalue weighted by Crippen LogP contribution is 2.27. The van der Waals surface area contributed by atoms with E-state index >= 15 is 0 Å². The van der Waals surface area contributed by atoms with Gasteiger partial charge >= 0.3 is 0 Å². The van der Waals surface area contributed by atoms with E-state index in [1.165, 1.54) is 9.96 Å². The third-order valence-corrected chi connectivity index (χ3v) is 3.71. The topological polar surface area (TPSA) is 27.6 Å². The highest BCUT2D eigenvalue weighted by Gasteiger charge is 2.58. The van der Waals surface area contributed by atoms with Crippen LogP contribution in [0.3, 0.4) is 0 Å². The fraction of sp³-hybridized carbons (Fsp3) is 1.00. The highest BCUT2D eigenvalue weighted by molar-refractivity contribution is 4.91. The molecule has 0 aliphatic carbocycles. The lowest BCUT2D eigenvalue weighted by Crippen LogP contribution is -3.18. The van der Waals surface area contributed by atoms with E-state index in [1.807, 2.05) is 27.7 Å². The summed E-state index contributed by atoms with van der Waals surface area (Å²) in [7, 11) is 2.09. The van der Waals surface area contributed by atoms with Crippen LogP contribution in [0.1, 0.15) is 34.6 Å². The summed E-state index contributed by atoms with van der Waals surface area (Å²) in [5, 5.41) is 13.1. The van der Waals surface area contributed by atoms with Crippen LogP contribution in [0.4, 0.5) is 0 Å². The molecule has 0 amide bonds. The molecule has 1 N–H and O–H groups in total. The van der Waals surface area contributed by atoms with Crippen molar-refractivity contribution in [1.29, 1.82) is 0 Å². The number of rotatable bonds is 0. The Morgan fingerprint density at radius 1 is 1.25 bits per heavy atom. The Labute approximate surface area is 74.9 Å². The number of nitrogens with one attached hydrogen (secondary N) is 1. The molecule has 0 bridgehead atoms. The maximum atomic E-state index is 11.9. The molecule has 12 heavy (non-hydrogen) atoms. The molecule has 1 rings (SSSR count). The van der Waals surface area contributed by atoms with Gasteiger partial charge in [-0.3, -0.25) is 0 Å². The summed E-state index contributed by atoms with van der Waals surface area (Å²) < 4.78 is 0. The predicted molar refractivity (Wildman–Crippen MR) is 47.0 cm³/mol. The maximum Gasteiger partial charge on any atom is 0.174 e. The fourth-order valence-electron chi connectivity index (χ4n) is 2.12. The average molecular weight is 172 g/mol. The van der Waals surface area contributed by atoms with Crippen molar-refractivity contribution in [3.05, 3.63) is 0 Å². The molecule has 0 saturated carbocycles. The molecular weight excluding hydrogens is 152 g/mol. The molecule has 1 radical (unpaired) electrons. The largest absolute Gasteiger partial charge is 0.315 e. The van der Waals surface area contributed by atoms with Gasteiger partial charge in [-0.15, -0.1) is 5.21 Å². The number of nitrogens with zero attached hydrogens (tertiary/aromatic N) is 1. The maximum absolute atomic E-state index is 11.9. The summed E-state index contributed by atoms with van der Waals surface area (Å²) >= 11 is 0. The van der Waals surface area contributed by atoms with Crippen LogP contribution in [0, 0.1) is 0 Å². The van der Waals surface area contributed by atoms with Gasteiger partial charge in [-0.05, 0) is 20.8 Å². The molecule has 0 aromatic rings. The molecule has 3 heteroatoms. The van der Waals surface area contributed by atoms with Crippen LogP contribution in [0.2, 0.25) is 0 Å². The SMILES string of the molecule is CC1[NH+](C)C(C)(C)N([O])C1(C)C. The molecule has 1 heterocycles. The van der Waals surface area contributed by atoms with Gasteiger partial charge in [0.1, 0.15) is 11.6 Å². The Hall–Kier alpha value is -0.120. The molecule has 3 nitrogen and oxygen atoms in total. The van der Waals surface area contributed by atoms with Crippen molar-refractivity contribution >= 4 is 0 Å². The first-order valence-corrected chi connectivity index (χ1v) is 4.53. The van der Waals surface area contributed by atoms with E-state index in [2.05, 4.69) is 14.0 Å². The molecule has 1 fully saturated rings. The lowest BCUT2D eigenvalue weighted by molar-refractivity contribution is -0.949. The second-order valence-electron chi connectivity index (χ2n) is 4.91. The molecule has 1 aliphatic heterocycles. The minimum atomic E-state index is -0.289. The zero-order chi connectivity index (χ0) is 9.73. The fourth-order valence-corrected chi connectivity index (χ4v) is 2.12. The van der Waals surface area contributed by atoms with E-state index < -0.39 is 0 Å². The quantitative estimate of drug-likeness (QED) is 0.550. The van der Waals surface area contributed by atoms with Crippen LogP contribution >= 0.6 is 0 Å². The minimum absolute atomic E-state index is 0.242. The van der Waals surface area contributed by atoms with Gasteiger partial charge in [0.15, 0.2) is 5.66 Å². The first kappa shape index (κ1) is 9.96. The lowest BCUT2D eigenvalue weighted by Gasteiger charge is -2.28. The van der Waals surface area contributed by atoms with Crippen LogP contribution in [0.25, 0.3) is 0 Å². The van der Waals surface area contributed by atoms with E-state index in [-0.39, 0.29) is 11.2 Å². The Kier molecular flexibility index (Phi) is 2.02. The molecule has 1 saturated heterocycles. The third kappa shape index (κ3) is 1.00. The van der Waals surface area contributed by atoms with Crippen molar-refractivity contribution in [2.45, 2.75) is 51.9 Å². The van der Waals surface area contributed by atoms with E-state index in [1.54, 1.807) is 0 Å². The van der Waals surface area contributed by atoms with Crippen LogP contribution < -0.4 is 4.90 Å². The number of quaternary nitrogens is 1. The highest BCUT2D eigenvalue weighted by atomic mass is 16.5. The Bertz CT molecular complexity index is 169. The standard InChI is InChI=1S/C9H19N2O/c1-7-8(2,3)11(12)9(4,5)10(7)6/h7H,1-6H3/p+1. The number of hydroxylamine groups is 2. The number of hydrogen-bond donors (Lipinski definition) is 1. The first-order chi connectivity index (χ1) is 5.22. The summed E-state index contributed by atoms with van der Waals surface area (Å²) in [5.41, 5.74) is -0.531. The normalized spacial score (nSPS) is 40.2. The van der Waals surface area contributed by atoms with Crippen molar-refractivity contribution in [2.24, 2.45) is 0 Å². The van der Waals surface area contributed by atoms with Crippen molar-refractivity contribution in [2.75, 3.05) is 7.05 Å². The summed E-state index contributed by atoms with van der Waals surface area (Å²) in [5.74, 6) is 0. The first-order valence-electron chi connectivity index (χ1n) is 4.53. The van der Waals surface area contributed by atoms with Gasteiger partial charge in [0, 0.05) is 13.8 Å². The molecule has 71 valence electrons. The summed E-state index contributed by atoms with van der Waals surface area (Å²) in [6.07, 6.45) is 0. The average Bonchev–Trinajstić information content (AvgIpc) is 2.06. The zero-order valence-corrected chi connectivity index (χ0v) is 8.93. The molecule has 2 atom stereocenters. The van der Waals surface area contributed by atoms with Gasteiger partial charge in [0.25, 0.3) is 0 Å². The molecule has 0 spiro atoms. The van der Waals surface area contributed by atoms with Crippen LogP contribution in [-0.4, -0.2) is 29.4 Å². The molecule has 0 aromatic heterocycles. The molecular formula is C9H20N2O+.